The van der Waals surface area contributed by atoms with Crippen LogP contribution in [0.1, 0.15) is 18.4 Å². The van der Waals surface area contributed by atoms with Crippen LogP contribution >= 0.6 is 12.4 Å². The number of halogens is 1. The third-order valence-corrected chi connectivity index (χ3v) is 8.54. The lowest BCUT2D eigenvalue weighted by Crippen LogP contribution is -2.54. The summed E-state index contributed by atoms with van der Waals surface area (Å²) in [6.07, 6.45) is 5.55. The smallest absolute Gasteiger partial charge is 0.269 e. The van der Waals surface area contributed by atoms with E-state index in [-0.39, 0.29) is 23.2 Å². The van der Waals surface area contributed by atoms with Crippen molar-refractivity contribution in [2.75, 3.05) is 24.8 Å². The highest BCUT2D eigenvalue weighted by atomic mass is 35.5. The van der Waals surface area contributed by atoms with Crippen LogP contribution in [-0.4, -0.2) is 56.3 Å². The largest absolute Gasteiger partial charge is 0.317 e. The van der Waals surface area contributed by atoms with Crippen LogP contribution in [0.15, 0.2) is 53.7 Å². The lowest BCUT2D eigenvalue weighted by atomic mass is 9.95. The maximum atomic E-state index is 13.2. The number of anilines is 1. The molecule has 0 amide bonds. The minimum atomic E-state index is -3.79. The van der Waals surface area contributed by atoms with Crippen LogP contribution in [0, 0.1) is 5.92 Å². The van der Waals surface area contributed by atoms with E-state index in [4.69, 9.17) is 0 Å². The van der Waals surface area contributed by atoms with Crippen LogP contribution in [0.3, 0.4) is 0 Å². The molecule has 4 heterocycles. The number of piperidine rings is 1. The average molecular weight is 527 g/mol. The van der Waals surface area contributed by atoms with Crippen LogP contribution < -0.4 is 15.5 Å². The van der Waals surface area contributed by atoms with Crippen molar-refractivity contribution in [3.63, 3.8) is 0 Å². The molecule has 1 unspecified atom stereocenters. The summed E-state index contributed by atoms with van der Waals surface area (Å²) < 4.78 is 54.5. The van der Waals surface area contributed by atoms with E-state index in [0.717, 1.165) is 37.2 Å². The minimum Gasteiger partial charge on any atom is -0.317 e. The Labute approximate surface area is 205 Å². The van der Waals surface area contributed by atoms with E-state index in [1.807, 2.05) is 5.01 Å². The zero-order chi connectivity index (χ0) is 23.2. The molecular weight excluding hydrogens is 500 g/mol. The third kappa shape index (κ3) is 4.66. The number of sulfonamides is 1. The van der Waals surface area contributed by atoms with Crippen molar-refractivity contribution in [3.8, 4) is 0 Å². The van der Waals surface area contributed by atoms with Gasteiger partial charge in [0.05, 0.1) is 29.2 Å². The molecule has 0 radical (unpaired) electrons. The first kappa shape index (κ1) is 24.9. The normalized spacial score (nSPS) is 18.3. The molecule has 3 aromatic rings. The second kappa shape index (κ2) is 9.44. The highest BCUT2D eigenvalue weighted by molar-refractivity contribution is 7.90. The topological polar surface area (TPSA) is 125 Å². The summed E-state index contributed by atoms with van der Waals surface area (Å²) in [4.78, 5) is 4.62. The number of aromatic nitrogens is 2. The molecule has 5 rings (SSSR count). The standard InChI is InChI=1S/C21H26N6O4S2.ClH/c1-32(28,29)25-20(15-7-10-22-11-8-15)26-14-18-17-9-12-27(21(17)23-13-19(18)24-26)33(30,31)16-5-3-2-4-6-16;/h2-6,9,12-13,15,20,22,24-25H,7-8,10-11,14H2,1H3;1H. The molecule has 0 bridgehead atoms. The van der Waals surface area contributed by atoms with Gasteiger partial charge in [-0.2, -0.15) is 4.72 Å². The monoisotopic (exact) mass is 526 g/mol. The lowest BCUT2D eigenvalue weighted by Gasteiger charge is -2.36. The van der Waals surface area contributed by atoms with E-state index in [9.17, 15) is 16.8 Å². The Kier molecular flexibility index (Phi) is 6.91. The van der Waals surface area contributed by atoms with Gasteiger partial charge in [0, 0.05) is 23.7 Å². The van der Waals surface area contributed by atoms with Gasteiger partial charge in [-0.3, -0.25) is 0 Å². The van der Waals surface area contributed by atoms with Gasteiger partial charge in [-0.1, -0.05) is 18.2 Å². The second-order valence-electron chi connectivity index (χ2n) is 8.48. The molecule has 2 aromatic heterocycles. The maximum absolute atomic E-state index is 13.2. The lowest BCUT2D eigenvalue weighted by molar-refractivity contribution is 0.139. The van der Waals surface area contributed by atoms with E-state index >= 15 is 0 Å². The van der Waals surface area contributed by atoms with Gasteiger partial charge in [-0.15, -0.1) is 12.4 Å². The third-order valence-electron chi connectivity index (χ3n) is 6.19. The van der Waals surface area contributed by atoms with Crippen molar-refractivity contribution in [3.05, 3.63) is 54.4 Å². The Bertz CT molecular complexity index is 1390. The number of benzene rings is 1. The molecule has 34 heavy (non-hydrogen) atoms. The predicted molar refractivity (Wildman–Crippen MR) is 133 cm³/mol. The summed E-state index contributed by atoms with van der Waals surface area (Å²) in [6.45, 7) is 2.08. The van der Waals surface area contributed by atoms with Gasteiger partial charge in [0.25, 0.3) is 10.0 Å². The number of fused-ring (bicyclic) bond motifs is 3. The van der Waals surface area contributed by atoms with E-state index in [1.54, 1.807) is 42.6 Å². The van der Waals surface area contributed by atoms with Gasteiger partial charge in [0.1, 0.15) is 0 Å². The van der Waals surface area contributed by atoms with Crippen molar-refractivity contribution in [1.82, 2.24) is 24.0 Å². The highest BCUT2D eigenvalue weighted by Gasteiger charge is 2.35. The Morgan fingerprint density at radius 1 is 1.09 bits per heavy atom. The Morgan fingerprint density at radius 2 is 1.79 bits per heavy atom. The van der Waals surface area contributed by atoms with E-state index in [0.29, 0.717) is 17.6 Å². The number of pyridine rings is 1. The molecule has 3 N–H and O–H groups in total. The molecule has 0 saturated carbocycles. The predicted octanol–water partition coefficient (Wildman–Crippen LogP) is 1.71. The average Bonchev–Trinajstić information content (AvgIpc) is 3.42. The van der Waals surface area contributed by atoms with Gasteiger partial charge in [-0.05, 0) is 50.0 Å². The first-order chi connectivity index (χ1) is 15.7. The summed E-state index contributed by atoms with van der Waals surface area (Å²) in [5.74, 6) is 0.134. The number of hydrogen-bond acceptors (Lipinski definition) is 8. The minimum absolute atomic E-state index is 0. The SMILES string of the molecule is CS(=O)(=O)NC(C1CCNCC1)N1Cc2c(cnc3c2ccn3S(=O)(=O)c2ccccc2)N1.Cl. The van der Waals surface area contributed by atoms with E-state index in [1.165, 1.54) is 16.4 Å². The van der Waals surface area contributed by atoms with Crippen molar-refractivity contribution in [2.45, 2.75) is 30.4 Å². The molecule has 0 aliphatic carbocycles. The quantitative estimate of drug-likeness (QED) is 0.443. The fourth-order valence-electron chi connectivity index (χ4n) is 4.61. The van der Waals surface area contributed by atoms with Gasteiger partial charge < -0.3 is 10.7 Å². The number of hydrogen-bond donors (Lipinski definition) is 3. The van der Waals surface area contributed by atoms with E-state index in [2.05, 4.69) is 20.4 Å². The molecule has 10 nitrogen and oxygen atoms in total. The zero-order valence-electron chi connectivity index (χ0n) is 18.5. The summed E-state index contributed by atoms with van der Waals surface area (Å²) in [5, 5.41) is 5.90. The molecule has 2 aliphatic rings. The molecule has 1 atom stereocenters. The highest BCUT2D eigenvalue weighted by Crippen LogP contribution is 2.35. The van der Waals surface area contributed by atoms with Gasteiger partial charge in [-0.25, -0.2) is 30.8 Å². The summed E-state index contributed by atoms with van der Waals surface area (Å²) >= 11 is 0. The fourth-order valence-corrected chi connectivity index (χ4v) is 6.69. The first-order valence-electron chi connectivity index (χ1n) is 10.7. The Balaban J connectivity index is 0.00000274. The Morgan fingerprint density at radius 3 is 2.47 bits per heavy atom. The molecule has 2 aliphatic heterocycles. The summed E-state index contributed by atoms with van der Waals surface area (Å²) in [5.41, 5.74) is 5.26. The number of hydrazine groups is 1. The van der Waals surface area contributed by atoms with Crippen molar-refractivity contribution >= 4 is 49.2 Å². The summed E-state index contributed by atoms with van der Waals surface area (Å²) in [6, 6.07) is 9.98. The molecule has 0 spiro atoms. The molecule has 184 valence electrons. The number of rotatable bonds is 6. The van der Waals surface area contributed by atoms with Crippen LogP contribution in [0.5, 0.6) is 0 Å². The molecule has 13 heteroatoms. The van der Waals surface area contributed by atoms with Crippen LogP contribution in [0.4, 0.5) is 5.69 Å². The van der Waals surface area contributed by atoms with Crippen molar-refractivity contribution in [2.24, 2.45) is 5.92 Å². The maximum Gasteiger partial charge on any atom is 0.269 e. The van der Waals surface area contributed by atoms with Crippen LogP contribution in [0.2, 0.25) is 0 Å². The molecule has 1 aromatic carbocycles. The number of nitrogens with one attached hydrogen (secondary N) is 3. The van der Waals surface area contributed by atoms with Crippen LogP contribution in [-0.2, 0) is 26.6 Å². The van der Waals surface area contributed by atoms with Crippen molar-refractivity contribution < 1.29 is 16.8 Å². The van der Waals surface area contributed by atoms with Crippen LogP contribution in [0.25, 0.3) is 11.0 Å². The molecular formula is C21H27ClN6O4S2. The zero-order valence-corrected chi connectivity index (χ0v) is 21.0. The van der Waals surface area contributed by atoms with Gasteiger partial charge in [0.2, 0.25) is 10.0 Å². The van der Waals surface area contributed by atoms with E-state index < -0.39 is 26.2 Å². The fraction of sp³-hybridized carbons (Fsp3) is 0.381. The molecule has 1 fully saturated rings. The van der Waals surface area contributed by atoms with Crippen molar-refractivity contribution in [1.29, 1.82) is 0 Å². The summed E-state index contributed by atoms with van der Waals surface area (Å²) in [7, 11) is -7.23. The second-order valence-corrected chi connectivity index (χ2v) is 12.1. The van der Waals surface area contributed by atoms with Gasteiger partial charge >= 0.3 is 0 Å². The number of nitrogens with zero attached hydrogens (tertiary/aromatic N) is 3. The first-order valence-corrected chi connectivity index (χ1v) is 14.1. The molecule has 1 saturated heterocycles. The Hall–Kier alpha value is -2.22. The van der Waals surface area contributed by atoms with Gasteiger partial charge in [0.15, 0.2) is 5.65 Å².